The number of ketones is 1. The first-order chi connectivity index (χ1) is 8.33. The summed E-state index contributed by atoms with van der Waals surface area (Å²) >= 11 is 0. The van der Waals surface area contributed by atoms with Gasteiger partial charge in [-0.25, -0.2) is 0 Å². The maximum absolute atomic E-state index is 11.7. The van der Waals surface area contributed by atoms with Gasteiger partial charge in [-0.1, -0.05) is 24.3 Å². The van der Waals surface area contributed by atoms with Crippen LogP contribution in [0.2, 0.25) is 0 Å². The van der Waals surface area contributed by atoms with Crippen LogP contribution in [0.5, 0.6) is 0 Å². The van der Waals surface area contributed by atoms with Gasteiger partial charge in [0.2, 0.25) is 0 Å². The van der Waals surface area contributed by atoms with E-state index in [1.165, 1.54) is 11.1 Å². The molecule has 1 saturated carbocycles. The van der Waals surface area contributed by atoms with Crippen LogP contribution in [-0.2, 0) is 17.8 Å². The molecule has 1 aliphatic carbocycles. The Morgan fingerprint density at radius 2 is 2.00 bits per heavy atom. The van der Waals surface area contributed by atoms with Gasteiger partial charge >= 0.3 is 0 Å². The van der Waals surface area contributed by atoms with Crippen molar-refractivity contribution in [1.29, 1.82) is 0 Å². The highest BCUT2D eigenvalue weighted by atomic mass is 16.1. The lowest BCUT2D eigenvalue weighted by Crippen LogP contribution is -2.35. The summed E-state index contributed by atoms with van der Waals surface area (Å²) in [7, 11) is 0. The maximum atomic E-state index is 11.7. The first kappa shape index (κ1) is 11.0. The first-order valence-corrected chi connectivity index (χ1v) is 6.65. The van der Waals surface area contributed by atoms with E-state index in [1.807, 2.05) is 0 Å². The number of benzene rings is 1. The largest absolute Gasteiger partial charge is 0.299 e. The lowest BCUT2D eigenvalue weighted by Gasteiger charge is -2.30. The summed E-state index contributed by atoms with van der Waals surface area (Å²) in [5.74, 6) is 0.809. The monoisotopic (exact) mass is 229 g/mol. The third kappa shape index (κ3) is 2.27. The molecule has 1 fully saturated rings. The predicted octanol–water partition coefficient (Wildman–Crippen LogP) is 2.41. The molecule has 0 bridgehead atoms. The highest BCUT2D eigenvalue weighted by molar-refractivity contribution is 5.83. The van der Waals surface area contributed by atoms with Gasteiger partial charge in [0, 0.05) is 32.0 Å². The van der Waals surface area contributed by atoms with E-state index in [0.29, 0.717) is 11.7 Å². The zero-order valence-corrected chi connectivity index (χ0v) is 10.2. The molecule has 3 rings (SSSR count). The molecule has 0 spiro atoms. The van der Waals surface area contributed by atoms with Crippen LogP contribution in [0.15, 0.2) is 24.3 Å². The van der Waals surface area contributed by atoms with E-state index >= 15 is 0 Å². The van der Waals surface area contributed by atoms with E-state index in [0.717, 1.165) is 45.3 Å². The molecule has 1 unspecified atom stereocenters. The van der Waals surface area contributed by atoms with Crippen molar-refractivity contribution in [1.82, 2.24) is 4.90 Å². The highest BCUT2D eigenvalue weighted by Crippen LogP contribution is 2.25. The molecule has 2 heteroatoms. The second-order valence-corrected chi connectivity index (χ2v) is 5.31. The summed E-state index contributed by atoms with van der Waals surface area (Å²) in [5.41, 5.74) is 2.94. The molecule has 0 amide bonds. The zero-order valence-electron chi connectivity index (χ0n) is 10.2. The van der Waals surface area contributed by atoms with Gasteiger partial charge in [-0.15, -0.1) is 0 Å². The number of hydrogen-bond donors (Lipinski definition) is 0. The molecule has 17 heavy (non-hydrogen) atoms. The number of carbonyl (C=O) groups is 1. The molecular formula is C15H19NO. The smallest absolute Gasteiger partial charge is 0.137 e. The Kier molecular flexibility index (Phi) is 2.98. The minimum atomic E-state index is 0.320. The SMILES string of the molecule is O=C1CCCC1CN1CCc2ccccc2C1. The summed E-state index contributed by atoms with van der Waals surface area (Å²) in [6.45, 7) is 3.12. The van der Waals surface area contributed by atoms with Crippen LogP contribution < -0.4 is 0 Å². The summed E-state index contributed by atoms with van der Waals surface area (Å²) in [6, 6.07) is 8.68. The van der Waals surface area contributed by atoms with Crippen LogP contribution in [0.25, 0.3) is 0 Å². The standard InChI is InChI=1S/C15H19NO/c17-15-7-3-6-14(15)11-16-9-8-12-4-1-2-5-13(12)10-16/h1-2,4-5,14H,3,6-11H2. The Labute approximate surface area is 103 Å². The quantitative estimate of drug-likeness (QED) is 0.776. The van der Waals surface area contributed by atoms with Crippen LogP contribution in [0, 0.1) is 5.92 Å². The third-order valence-electron chi connectivity index (χ3n) is 4.12. The average molecular weight is 229 g/mol. The lowest BCUT2D eigenvalue weighted by atomic mass is 9.98. The second-order valence-electron chi connectivity index (χ2n) is 5.31. The van der Waals surface area contributed by atoms with Crippen molar-refractivity contribution in [2.24, 2.45) is 5.92 Å². The summed E-state index contributed by atoms with van der Waals surface area (Å²) in [5, 5.41) is 0. The highest BCUT2D eigenvalue weighted by Gasteiger charge is 2.27. The molecule has 2 nitrogen and oxygen atoms in total. The minimum absolute atomic E-state index is 0.320. The molecule has 0 aromatic heterocycles. The minimum Gasteiger partial charge on any atom is -0.299 e. The van der Waals surface area contributed by atoms with E-state index in [4.69, 9.17) is 0 Å². The normalized spacial score (nSPS) is 24.9. The fourth-order valence-corrected chi connectivity index (χ4v) is 3.10. The Hall–Kier alpha value is -1.15. The van der Waals surface area contributed by atoms with Crippen LogP contribution in [0.3, 0.4) is 0 Å². The lowest BCUT2D eigenvalue weighted by molar-refractivity contribution is -0.121. The Bertz CT molecular complexity index is 427. The number of Topliss-reactive ketones (excluding diaryl/α,β-unsaturated/α-hetero) is 1. The third-order valence-corrected chi connectivity index (χ3v) is 4.12. The van der Waals surface area contributed by atoms with E-state index in [1.54, 1.807) is 0 Å². The van der Waals surface area contributed by atoms with Gasteiger partial charge in [-0.3, -0.25) is 9.69 Å². The van der Waals surface area contributed by atoms with Crippen LogP contribution in [0.1, 0.15) is 30.4 Å². The van der Waals surface area contributed by atoms with Gasteiger partial charge in [-0.05, 0) is 30.4 Å². The Morgan fingerprint density at radius 1 is 1.18 bits per heavy atom. The molecule has 1 aliphatic heterocycles. The fraction of sp³-hybridized carbons (Fsp3) is 0.533. The van der Waals surface area contributed by atoms with Crippen LogP contribution in [0.4, 0.5) is 0 Å². The number of fused-ring (bicyclic) bond motifs is 1. The van der Waals surface area contributed by atoms with Gasteiger partial charge in [0.05, 0.1) is 0 Å². The van der Waals surface area contributed by atoms with Crippen LogP contribution in [-0.4, -0.2) is 23.8 Å². The molecule has 0 radical (unpaired) electrons. The van der Waals surface area contributed by atoms with Crippen molar-refractivity contribution in [3.8, 4) is 0 Å². The molecule has 2 aliphatic rings. The van der Waals surface area contributed by atoms with E-state index < -0.39 is 0 Å². The van der Waals surface area contributed by atoms with Crippen molar-refractivity contribution in [2.75, 3.05) is 13.1 Å². The topological polar surface area (TPSA) is 20.3 Å². The number of hydrogen-bond acceptors (Lipinski definition) is 2. The number of carbonyl (C=O) groups excluding carboxylic acids is 1. The van der Waals surface area contributed by atoms with Crippen molar-refractivity contribution >= 4 is 5.78 Å². The Balaban J connectivity index is 1.66. The number of rotatable bonds is 2. The molecule has 1 atom stereocenters. The van der Waals surface area contributed by atoms with Crippen molar-refractivity contribution in [3.63, 3.8) is 0 Å². The molecule has 0 saturated heterocycles. The molecule has 1 heterocycles. The first-order valence-electron chi connectivity index (χ1n) is 6.65. The second kappa shape index (κ2) is 4.61. The Morgan fingerprint density at radius 3 is 2.76 bits per heavy atom. The van der Waals surface area contributed by atoms with Crippen molar-refractivity contribution in [2.45, 2.75) is 32.2 Å². The molecule has 0 N–H and O–H groups in total. The van der Waals surface area contributed by atoms with Gasteiger partial charge in [0.1, 0.15) is 5.78 Å². The molecule has 1 aromatic carbocycles. The fourth-order valence-electron chi connectivity index (χ4n) is 3.10. The maximum Gasteiger partial charge on any atom is 0.137 e. The van der Waals surface area contributed by atoms with Gasteiger partial charge in [-0.2, -0.15) is 0 Å². The van der Waals surface area contributed by atoms with Crippen molar-refractivity contribution in [3.05, 3.63) is 35.4 Å². The summed E-state index contributed by atoms with van der Waals surface area (Å²) in [6.07, 6.45) is 4.16. The van der Waals surface area contributed by atoms with E-state index in [2.05, 4.69) is 29.2 Å². The van der Waals surface area contributed by atoms with Crippen molar-refractivity contribution < 1.29 is 4.79 Å². The molecular weight excluding hydrogens is 210 g/mol. The molecule has 1 aromatic rings. The van der Waals surface area contributed by atoms with Gasteiger partial charge in [0.25, 0.3) is 0 Å². The zero-order chi connectivity index (χ0) is 11.7. The summed E-state index contributed by atoms with van der Waals surface area (Å²) < 4.78 is 0. The van der Waals surface area contributed by atoms with E-state index in [9.17, 15) is 4.79 Å². The van der Waals surface area contributed by atoms with Gasteiger partial charge in [0.15, 0.2) is 0 Å². The number of nitrogens with zero attached hydrogens (tertiary/aromatic N) is 1. The van der Waals surface area contributed by atoms with Crippen LogP contribution >= 0.6 is 0 Å². The average Bonchev–Trinajstić information content (AvgIpc) is 2.75. The van der Waals surface area contributed by atoms with Gasteiger partial charge < -0.3 is 0 Å². The predicted molar refractivity (Wildman–Crippen MR) is 67.8 cm³/mol. The molecule has 90 valence electrons. The summed E-state index contributed by atoms with van der Waals surface area (Å²) in [4.78, 5) is 14.1. The van der Waals surface area contributed by atoms with E-state index in [-0.39, 0.29) is 0 Å².